The Morgan fingerprint density at radius 2 is 2.12 bits per heavy atom. The first-order valence-electron chi connectivity index (χ1n) is 5.83. The summed E-state index contributed by atoms with van der Waals surface area (Å²) >= 11 is 0. The fourth-order valence-electron chi connectivity index (χ4n) is 1.63. The highest BCUT2D eigenvalue weighted by atomic mass is 16.2. The summed E-state index contributed by atoms with van der Waals surface area (Å²) in [6.45, 7) is 0.772. The van der Waals surface area contributed by atoms with Gasteiger partial charge in [-0.25, -0.2) is 4.79 Å². The molecule has 1 aromatic rings. The van der Waals surface area contributed by atoms with Gasteiger partial charge in [0, 0.05) is 25.4 Å². The van der Waals surface area contributed by atoms with Crippen LogP contribution in [0.2, 0.25) is 0 Å². The highest BCUT2D eigenvalue weighted by Crippen LogP contribution is 2.03. The van der Waals surface area contributed by atoms with Gasteiger partial charge in [-0.2, -0.15) is 4.98 Å². The molecule has 0 bridgehead atoms. The Kier molecular flexibility index (Phi) is 5.65. The SMILES string of the molecule is Nc1ccn(CCCC(N)CCCO)c(=O)n1. The molecule has 1 atom stereocenters. The quantitative estimate of drug-likeness (QED) is 0.607. The summed E-state index contributed by atoms with van der Waals surface area (Å²) in [5.74, 6) is 0.242. The summed E-state index contributed by atoms with van der Waals surface area (Å²) in [5, 5.41) is 8.66. The average Bonchev–Trinajstić information content (AvgIpc) is 2.29. The molecular weight excluding hydrogens is 220 g/mol. The van der Waals surface area contributed by atoms with E-state index in [4.69, 9.17) is 16.6 Å². The molecule has 1 aromatic heterocycles. The molecule has 6 heteroatoms. The fourth-order valence-corrected chi connectivity index (χ4v) is 1.63. The van der Waals surface area contributed by atoms with Crippen LogP contribution in [0.15, 0.2) is 17.1 Å². The zero-order valence-corrected chi connectivity index (χ0v) is 9.88. The maximum absolute atomic E-state index is 11.4. The summed E-state index contributed by atoms with van der Waals surface area (Å²) in [7, 11) is 0. The van der Waals surface area contributed by atoms with Gasteiger partial charge >= 0.3 is 5.69 Å². The largest absolute Gasteiger partial charge is 0.396 e. The van der Waals surface area contributed by atoms with E-state index in [-0.39, 0.29) is 24.2 Å². The van der Waals surface area contributed by atoms with Crippen LogP contribution in [0.1, 0.15) is 25.7 Å². The second-order valence-corrected chi connectivity index (χ2v) is 4.10. The number of nitrogen functional groups attached to an aromatic ring is 1. The van der Waals surface area contributed by atoms with Crippen molar-refractivity contribution >= 4 is 5.82 Å². The van der Waals surface area contributed by atoms with E-state index in [1.54, 1.807) is 12.3 Å². The monoisotopic (exact) mass is 240 g/mol. The molecule has 0 saturated carbocycles. The molecule has 0 aliphatic rings. The highest BCUT2D eigenvalue weighted by Gasteiger charge is 2.03. The van der Waals surface area contributed by atoms with E-state index in [9.17, 15) is 4.79 Å². The van der Waals surface area contributed by atoms with Crippen molar-refractivity contribution < 1.29 is 5.11 Å². The van der Waals surface area contributed by atoms with Crippen molar-refractivity contribution in [2.75, 3.05) is 12.3 Å². The van der Waals surface area contributed by atoms with Gasteiger partial charge in [0.25, 0.3) is 0 Å². The van der Waals surface area contributed by atoms with Gasteiger partial charge in [0.05, 0.1) is 0 Å². The van der Waals surface area contributed by atoms with Crippen LogP contribution in [-0.2, 0) is 6.54 Å². The number of aromatic nitrogens is 2. The van der Waals surface area contributed by atoms with Crippen LogP contribution < -0.4 is 17.2 Å². The number of aliphatic hydroxyl groups excluding tert-OH is 1. The number of rotatable bonds is 7. The lowest BCUT2D eigenvalue weighted by molar-refractivity contribution is 0.277. The van der Waals surface area contributed by atoms with Crippen LogP contribution in [0, 0.1) is 0 Å². The molecule has 0 fully saturated rings. The van der Waals surface area contributed by atoms with Crippen molar-refractivity contribution in [1.82, 2.24) is 9.55 Å². The topological polar surface area (TPSA) is 107 Å². The lowest BCUT2D eigenvalue weighted by Crippen LogP contribution is -2.25. The van der Waals surface area contributed by atoms with Gasteiger partial charge in [0.2, 0.25) is 0 Å². The maximum atomic E-state index is 11.4. The summed E-state index contributed by atoms with van der Waals surface area (Å²) in [6.07, 6.45) is 4.83. The van der Waals surface area contributed by atoms with Gasteiger partial charge in [0.1, 0.15) is 5.82 Å². The summed E-state index contributed by atoms with van der Waals surface area (Å²) in [6, 6.07) is 1.69. The van der Waals surface area contributed by atoms with Crippen LogP contribution >= 0.6 is 0 Å². The van der Waals surface area contributed by atoms with Gasteiger partial charge < -0.3 is 16.6 Å². The Morgan fingerprint density at radius 1 is 1.41 bits per heavy atom. The minimum absolute atomic E-state index is 0.0830. The molecule has 5 N–H and O–H groups in total. The first kappa shape index (κ1) is 13.7. The lowest BCUT2D eigenvalue weighted by Gasteiger charge is -2.11. The number of hydrogen-bond donors (Lipinski definition) is 3. The van der Waals surface area contributed by atoms with Gasteiger partial charge in [-0.3, -0.25) is 4.57 Å². The zero-order valence-electron chi connectivity index (χ0n) is 9.88. The van der Waals surface area contributed by atoms with E-state index in [2.05, 4.69) is 4.98 Å². The maximum Gasteiger partial charge on any atom is 0.349 e. The molecule has 0 amide bonds. The molecule has 0 aromatic carbocycles. The number of aryl methyl sites for hydroxylation is 1. The number of anilines is 1. The van der Waals surface area contributed by atoms with E-state index in [1.807, 2.05) is 0 Å². The first-order chi connectivity index (χ1) is 8.13. The average molecular weight is 240 g/mol. The van der Waals surface area contributed by atoms with Crippen LogP contribution in [0.5, 0.6) is 0 Å². The van der Waals surface area contributed by atoms with Gasteiger partial charge in [-0.15, -0.1) is 0 Å². The minimum Gasteiger partial charge on any atom is -0.396 e. The smallest absolute Gasteiger partial charge is 0.349 e. The van der Waals surface area contributed by atoms with Crippen molar-refractivity contribution in [1.29, 1.82) is 0 Å². The second kappa shape index (κ2) is 7.03. The van der Waals surface area contributed by atoms with Crippen LogP contribution in [-0.4, -0.2) is 27.3 Å². The summed E-state index contributed by atoms with van der Waals surface area (Å²) < 4.78 is 1.52. The first-order valence-corrected chi connectivity index (χ1v) is 5.83. The van der Waals surface area contributed by atoms with Crippen molar-refractivity contribution in [3.63, 3.8) is 0 Å². The minimum atomic E-state index is -0.325. The number of nitrogens with zero attached hydrogens (tertiary/aromatic N) is 2. The molecule has 1 heterocycles. The van der Waals surface area contributed by atoms with E-state index in [0.29, 0.717) is 6.54 Å². The van der Waals surface area contributed by atoms with E-state index in [0.717, 1.165) is 25.7 Å². The Bertz CT molecular complexity index is 391. The third-order valence-electron chi connectivity index (χ3n) is 2.60. The Hall–Kier alpha value is -1.40. The summed E-state index contributed by atoms with van der Waals surface area (Å²) in [4.78, 5) is 15.0. The lowest BCUT2D eigenvalue weighted by atomic mass is 10.1. The van der Waals surface area contributed by atoms with Gasteiger partial charge in [-0.05, 0) is 31.7 Å². The molecular formula is C11H20N4O2. The normalized spacial score (nSPS) is 12.6. The van der Waals surface area contributed by atoms with Crippen LogP contribution in [0.25, 0.3) is 0 Å². The Labute approximate surface area is 100 Å². The molecule has 0 saturated heterocycles. The molecule has 1 unspecified atom stereocenters. The predicted molar refractivity (Wildman–Crippen MR) is 66.4 cm³/mol. The molecule has 0 aliphatic carbocycles. The molecule has 1 rings (SSSR count). The predicted octanol–water partition coefficient (Wildman–Crippen LogP) is -0.294. The third kappa shape index (κ3) is 4.97. The van der Waals surface area contributed by atoms with Crippen LogP contribution in [0.4, 0.5) is 5.82 Å². The Morgan fingerprint density at radius 3 is 2.76 bits per heavy atom. The highest BCUT2D eigenvalue weighted by molar-refractivity contribution is 5.23. The van der Waals surface area contributed by atoms with Crippen molar-refractivity contribution in [3.05, 3.63) is 22.7 Å². The second-order valence-electron chi connectivity index (χ2n) is 4.10. The number of aliphatic hydroxyl groups is 1. The molecule has 96 valence electrons. The van der Waals surface area contributed by atoms with E-state index in [1.165, 1.54) is 4.57 Å². The summed E-state index contributed by atoms with van der Waals surface area (Å²) in [5.41, 5.74) is 10.9. The third-order valence-corrected chi connectivity index (χ3v) is 2.60. The number of hydrogen-bond acceptors (Lipinski definition) is 5. The molecule has 6 nitrogen and oxygen atoms in total. The van der Waals surface area contributed by atoms with E-state index < -0.39 is 0 Å². The van der Waals surface area contributed by atoms with Gasteiger partial charge in [0.15, 0.2) is 0 Å². The zero-order chi connectivity index (χ0) is 12.7. The molecule has 0 radical (unpaired) electrons. The van der Waals surface area contributed by atoms with Crippen molar-refractivity contribution in [2.45, 2.75) is 38.3 Å². The standard InChI is InChI=1S/C11H20N4O2/c12-9(4-2-8-16)3-1-6-15-7-5-10(13)14-11(15)17/h5,7,9,16H,1-4,6,8,12H2,(H2,13,14,17). The van der Waals surface area contributed by atoms with Crippen molar-refractivity contribution in [2.24, 2.45) is 5.73 Å². The molecule has 0 aliphatic heterocycles. The van der Waals surface area contributed by atoms with E-state index >= 15 is 0 Å². The molecule has 0 spiro atoms. The molecule has 17 heavy (non-hydrogen) atoms. The van der Waals surface area contributed by atoms with Crippen LogP contribution in [0.3, 0.4) is 0 Å². The fraction of sp³-hybridized carbons (Fsp3) is 0.636. The Balaban J connectivity index is 2.33. The number of nitrogens with two attached hydrogens (primary N) is 2. The van der Waals surface area contributed by atoms with Gasteiger partial charge in [-0.1, -0.05) is 0 Å². The van der Waals surface area contributed by atoms with Crippen molar-refractivity contribution in [3.8, 4) is 0 Å².